The van der Waals surface area contributed by atoms with Crippen molar-refractivity contribution in [3.8, 4) is 0 Å². The van der Waals surface area contributed by atoms with Crippen LogP contribution in [0.25, 0.3) is 0 Å². The zero-order valence-corrected chi connectivity index (χ0v) is 8.61. The summed E-state index contributed by atoms with van der Waals surface area (Å²) in [4.78, 5) is 0. The van der Waals surface area contributed by atoms with Crippen LogP contribution in [0, 0.1) is 19.3 Å². The van der Waals surface area contributed by atoms with Gasteiger partial charge in [0, 0.05) is 32.7 Å². The second kappa shape index (κ2) is 5.82. The van der Waals surface area contributed by atoms with Crippen LogP contribution < -0.4 is 5.32 Å². The van der Waals surface area contributed by atoms with Gasteiger partial charge in [0.2, 0.25) is 0 Å². The summed E-state index contributed by atoms with van der Waals surface area (Å²) in [5, 5.41) is 3.27. The minimum atomic E-state index is 0. The quantitative estimate of drug-likeness (QED) is 0.623. The van der Waals surface area contributed by atoms with Crippen LogP contribution in [0.15, 0.2) is 0 Å². The molecule has 1 rings (SSSR count). The zero-order chi connectivity index (χ0) is 5.82. The topological polar surface area (TPSA) is 12.0 Å². The van der Waals surface area contributed by atoms with Gasteiger partial charge in [-0.05, 0) is 6.54 Å². The maximum absolute atomic E-state index is 3.85. The molecule has 51 valence electrons. The molecule has 1 atom stereocenters. The Morgan fingerprint density at radius 2 is 2.44 bits per heavy atom. The molecule has 0 saturated carbocycles. The van der Waals surface area contributed by atoms with Crippen LogP contribution in [0.4, 0.5) is 0 Å². The molecule has 1 aliphatic heterocycles. The van der Waals surface area contributed by atoms with Gasteiger partial charge in [0.25, 0.3) is 0 Å². The smallest absolute Gasteiger partial charge is 0 e. The minimum Gasteiger partial charge on any atom is -0.346 e. The monoisotopic (exact) mass is 200 g/mol. The average Bonchev–Trinajstić information content (AvgIpc) is 1.90. The Hall–Kier alpha value is 1.06. The van der Waals surface area contributed by atoms with Crippen molar-refractivity contribution in [3.05, 3.63) is 13.3 Å². The summed E-state index contributed by atoms with van der Waals surface area (Å²) in [6, 6.07) is 0. The third-order valence-electron chi connectivity index (χ3n) is 1.66. The molecule has 1 N–H and O–H groups in total. The fourth-order valence-electron chi connectivity index (χ4n) is 1.02. The summed E-state index contributed by atoms with van der Waals surface area (Å²) >= 11 is 0. The van der Waals surface area contributed by atoms with Crippen molar-refractivity contribution in [1.82, 2.24) is 5.32 Å². The van der Waals surface area contributed by atoms with E-state index in [-0.39, 0.29) is 32.7 Å². The summed E-state index contributed by atoms with van der Waals surface area (Å²) < 4.78 is 0. The molecule has 0 aromatic rings. The van der Waals surface area contributed by atoms with E-state index in [1.54, 1.807) is 0 Å². The molecule has 0 bridgehead atoms. The van der Waals surface area contributed by atoms with E-state index in [0.717, 1.165) is 18.9 Å². The minimum absolute atomic E-state index is 0. The van der Waals surface area contributed by atoms with Crippen molar-refractivity contribution in [2.45, 2.75) is 12.8 Å². The van der Waals surface area contributed by atoms with Gasteiger partial charge < -0.3 is 18.7 Å². The summed E-state index contributed by atoms with van der Waals surface area (Å²) in [7, 11) is 0. The maximum atomic E-state index is 3.85. The predicted molar refractivity (Wildman–Crippen MR) is 35.3 cm³/mol. The van der Waals surface area contributed by atoms with E-state index in [1.807, 2.05) is 0 Å². The summed E-state index contributed by atoms with van der Waals surface area (Å²) in [5.41, 5.74) is 0. The molecule has 1 aliphatic rings. The largest absolute Gasteiger partial charge is 0.346 e. The molecule has 0 aliphatic carbocycles. The second-order valence-electron chi connectivity index (χ2n) is 2.28. The zero-order valence-electron chi connectivity index (χ0n) is 5.77. The second-order valence-corrected chi connectivity index (χ2v) is 2.28. The molecule has 1 nitrogen and oxygen atoms in total. The van der Waals surface area contributed by atoms with Gasteiger partial charge in [-0.3, -0.25) is 0 Å². The van der Waals surface area contributed by atoms with Crippen molar-refractivity contribution < 1.29 is 32.7 Å². The molecule has 9 heavy (non-hydrogen) atoms. The molecular formula is C7H13NY-2. The van der Waals surface area contributed by atoms with Crippen molar-refractivity contribution in [3.63, 3.8) is 0 Å². The normalized spacial score (nSPS) is 27.0. The van der Waals surface area contributed by atoms with Gasteiger partial charge >= 0.3 is 0 Å². The third-order valence-corrected chi connectivity index (χ3v) is 1.66. The Balaban J connectivity index is 0.000000640. The van der Waals surface area contributed by atoms with Crippen LogP contribution in [0.2, 0.25) is 0 Å². The molecule has 0 aromatic carbocycles. The molecule has 2 heteroatoms. The average molecular weight is 200 g/mol. The molecule has 1 saturated heterocycles. The van der Waals surface area contributed by atoms with Crippen molar-refractivity contribution in [1.29, 1.82) is 0 Å². The Labute approximate surface area is 82.9 Å². The number of piperidine rings is 1. The van der Waals surface area contributed by atoms with E-state index in [0.29, 0.717) is 0 Å². The molecule has 0 aromatic heterocycles. The fourth-order valence-corrected chi connectivity index (χ4v) is 1.02. The number of hydrogen-bond donors (Lipinski definition) is 1. The Kier molecular flexibility index (Phi) is 6.51. The number of hydrogen-bond acceptors (Lipinski definition) is 1. The first-order valence-electron chi connectivity index (χ1n) is 3.27. The Morgan fingerprint density at radius 1 is 1.67 bits per heavy atom. The molecular weight excluding hydrogens is 187 g/mol. The summed E-state index contributed by atoms with van der Waals surface area (Å²) in [5.74, 6) is 0.788. The molecule has 1 fully saturated rings. The van der Waals surface area contributed by atoms with Gasteiger partial charge in [-0.25, -0.2) is 6.42 Å². The van der Waals surface area contributed by atoms with Crippen LogP contribution in [0.5, 0.6) is 0 Å². The van der Waals surface area contributed by atoms with Gasteiger partial charge in [0.05, 0.1) is 0 Å². The maximum Gasteiger partial charge on any atom is 0 e. The van der Waals surface area contributed by atoms with E-state index in [4.69, 9.17) is 0 Å². The van der Waals surface area contributed by atoms with E-state index in [9.17, 15) is 0 Å². The fraction of sp³-hybridized carbons (Fsp3) is 0.714. The molecule has 0 amide bonds. The van der Waals surface area contributed by atoms with Crippen LogP contribution in [0.1, 0.15) is 12.8 Å². The van der Waals surface area contributed by atoms with Crippen LogP contribution >= 0.6 is 0 Å². The van der Waals surface area contributed by atoms with Crippen molar-refractivity contribution >= 4 is 0 Å². The van der Waals surface area contributed by atoms with Crippen LogP contribution in [0.3, 0.4) is 0 Å². The molecule has 1 unspecified atom stereocenters. The van der Waals surface area contributed by atoms with Gasteiger partial charge in [0.15, 0.2) is 0 Å². The van der Waals surface area contributed by atoms with Gasteiger partial charge in [-0.15, -0.1) is 6.54 Å². The Bertz CT molecular complexity index is 59.9. The summed E-state index contributed by atoms with van der Waals surface area (Å²) in [6.45, 7) is 6.11. The number of nitrogens with one attached hydrogen (secondary N) is 1. The van der Waals surface area contributed by atoms with Gasteiger partial charge in [-0.1, -0.05) is 6.42 Å². The van der Waals surface area contributed by atoms with E-state index >= 15 is 0 Å². The van der Waals surface area contributed by atoms with Crippen LogP contribution in [-0.2, 0) is 32.7 Å². The first-order valence-corrected chi connectivity index (χ1v) is 3.27. The summed E-state index contributed by atoms with van der Waals surface area (Å²) in [6.07, 6.45) is 4.67. The van der Waals surface area contributed by atoms with Gasteiger partial charge in [0.1, 0.15) is 0 Å². The predicted octanol–water partition coefficient (Wildman–Crippen LogP) is 1.02. The molecule has 1 heterocycles. The molecule has 0 spiro atoms. The molecule has 1 radical (unpaired) electrons. The van der Waals surface area contributed by atoms with E-state index < -0.39 is 0 Å². The van der Waals surface area contributed by atoms with Crippen molar-refractivity contribution in [2.75, 3.05) is 13.1 Å². The third kappa shape index (κ3) is 3.69. The number of rotatable bonds is 1. The Morgan fingerprint density at radius 3 is 2.78 bits per heavy atom. The first kappa shape index (κ1) is 10.1. The first-order chi connectivity index (χ1) is 3.93. The van der Waals surface area contributed by atoms with Gasteiger partial charge in [-0.2, -0.15) is 5.92 Å². The van der Waals surface area contributed by atoms with Crippen molar-refractivity contribution in [2.24, 2.45) is 5.92 Å². The van der Waals surface area contributed by atoms with Crippen LogP contribution in [-0.4, -0.2) is 13.1 Å². The van der Waals surface area contributed by atoms with E-state index in [2.05, 4.69) is 18.7 Å². The SMILES string of the molecule is [CH2-]CC1[CH-]CNCC1.[Y]. The van der Waals surface area contributed by atoms with E-state index in [1.165, 1.54) is 13.0 Å². The standard InChI is InChI=1S/C7H13N.Y/c1-2-7-3-5-8-6-4-7;/h3,7-8H,1-2,4-6H2;/q-2;.